The van der Waals surface area contributed by atoms with Crippen LogP contribution in [0.15, 0.2) is 320 Å². The fourth-order valence-corrected chi connectivity index (χ4v) is 13.0. The number of aromatic nitrogens is 3. The molecule has 0 saturated carbocycles. The molecule has 0 bridgehead atoms. The SMILES string of the molecule is Brc1cccc2c1N[C+]=C2.C=O.CC(=O)O.CCOC(=O)C(Cc1c[nH]c2c(-c3ccc(Oc4ccccc4)cc3)cccc12)[N+](=O)[O-].CCOC(=O)C(Cc1c[nH]c2c(-c3ccc(Oc4ccccc4)cc3)cccc12)[N+](=O)[O-].CCOC(=O)C[N+](=O)[O-].OB(O)c1ccc(Oc2ccccc2)cc1.c1ccc(Oc2ccc(-c3cccc4cc[nH]c34)cc2)cc1. The molecule has 7 N–H and O–H groups in total. The van der Waals surface area contributed by atoms with Crippen LogP contribution in [0.3, 0.4) is 0 Å². The summed E-state index contributed by atoms with van der Waals surface area (Å²) in [6.45, 7) is 7.58. The van der Waals surface area contributed by atoms with Crippen LogP contribution >= 0.6 is 15.9 Å². The van der Waals surface area contributed by atoms with Crippen molar-refractivity contribution in [3.05, 3.63) is 374 Å². The first-order valence-electron chi connectivity index (χ1n) is 39.5. The number of hydrogen-bond donors (Lipinski definition) is 7. The van der Waals surface area contributed by atoms with Crippen LogP contribution in [0.1, 0.15) is 44.4 Å². The Morgan fingerprint density at radius 2 is 0.787 bits per heavy atom. The third-order valence-corrected chi connectivity index (χ3v) is 18.9. The second-order valence-corrected chi connectivity index (χ2v) is 27.8. The summed E-state index contributed by atoms with van der Waals surface area (Å²) < 4.78 is 38.2. The molecule has 0 fully saturated rings. The summed E-state index contributed by atoms with van der Waals surface area (Å²) in [5, 5.41) is 63.6. The minimum absolute atomic E-state index is 0.0425. The molecule has 2 unspecified atom stereocenters. The number of hydrogen-bond acceptors (Lipinski definition) is 21. The number of halogens is 1. The Morgan fingerprint density at radius 1 is 0.441 bits per heavy atom. The van der Waals surface area contributed by atoms with Crippen molar-refractivity contribution in [1.82, 2.24) is 15.0 Å². The lowest BCUT2D eigenvalue weighted by Gasteiger charge is -2.09. The molecule has 646 valence electrons. The highest BCUT2D eigenvalue weighted by atomic mass is 79.9. The summed E-state index contributed by atoms with van der Waals surface area (Å²) in [6.07, 6.45) is 10.2. The van der Waals surface area contributed by atoms with E-state index >= 15 is 0 Å². The second-order valence-electron chi connectivity index (χ2n) is 27.0. The van der Waals surface area contributed by atoms with E-state index in [2.05, 4.69) is 83.5 Å². The normalized spacial score (nSPS) is 10.8. The topological polar surface area (TPSA) is 399 Å². The zero-order chi connectivity index (χ0) is 91.0. The number of ether oxygens (including phenoxy) is 7. The lowest BCUT2D eigenvalue weighted by molar-refractivity contribution is -0.510. The molecule has 127 heavy (non-hydrogen) atoms. The fourth-order valence-electron chi connectivity index (χ4n) is 12.6. The molecule has 1 aliphatic rings. The minimum atomic E-state index is -1.44. The Labute approximate surface area is 738 Å². The van der Waals surface area contributed by atoms with Crippen molar-refractivity contribution in [2.75, 3.05) is 31.7 Å². The first kappa shape index (κ1) is 95.0. The third-order valence-electron chi connectivity index (χ3n) is 18.3. The van der Waals surface area contributed by atoms with Gasteiger partial charge in [0.25, 0.3) is 12.5 Å². The molecule has 28 nitrogen and oxygen atoms in total. The highest BCUT2D eigenvalue weighted by molar-refractivity contribution is 9.10. The lowest BCUT2D eigenvalue weighted by atomic mass is 9.80. The highest BCUT2D eigenvalue weighted by Gasteiger charge is 2.34. The van der Waals surface area contributed by atoms with Gasteiger partial charge < -0.3 is 68.1 Å². The summed E-state index contributed by atoms with van der Waals surface area (Å²) >= 11 is 3.42. The number of para-hydroxylation sites is 8. The van der Waals surface area contributed by atoms with Crippen molar-refractivity contribution in [2.24, 2.45) is 0 Å². The first-order chi connectivity index (χ1) is 61.6. The molecule has 0 spiro atoms. The number of carbonyl (C=O) groups excluding carboxylic acids is 4. The van der Waals surface area contributed by atoms with Gasteiger partial charge in [0.05, 0.1) is 49.2 Å². The van der Waals surface area contributed by atoms with E-state index in [-0.39, 0.29) is 32.7 Å². The molecule has 16 rings (SSSR count). The maximum absolute atomic E-state index is 12.0. The van der Waals surface area contributed by atoms with Crippen LogP contribution in [0.4, 0.5) is 5.69 Å². The first-order valence-corrected chi connectivity index (χ1v) is 40.3. The predicted octanol–water partition coefficient (Wildman–Crippen LogP) is 19.9. The second kappa shape index (κ2) is 49.3. The molecule has 0 saturated heterocycles. The average Bonchev–Trinajstić information content (AvgIpc) is 1.70. The van der Waals surface area contributed by atoms with Crippen LogP contribution in [0.25, 0.3) is 72.2 Å². The summed E-state index contributed by atoms with van der Waals surface area (Å²) in [7, 11) is -1.44. The number of nitro groups is 3. The summed E-state index contributed by atoms with van der Waals surface area (Å²) in [5.41, 5.74) is 13.2. The van der Waals surface area contributed by atoms with Gasteiger partial charge in [-0.15, -0.1) is 0 Å². The van der Waals surface area contributed by atoms with Crippen molar-refractivity contribution < 1.29 is 87.1 Å². The third kappa shape index (κ3) is 28.9. The van der Waals surface area contributed by atoms with Crippen LogP contribution in [-0.2, 0) is 51.0 Å². The largest absolute Gasteiger partial charge is 0.488 e. The maximum atomic E-state index is 12.0. The predicted molar refractivity (Wildman–Crippen MR) is 490 cm³/mol. The van der Waals surface area contributed by atoms with E-state index in [1.807, 2.05) is 256 Å². The monoisotopic (exact) mass is 1780 g/mol. The van der Waals surface area contributed by atoms with E-state index in [0.717, 1.165) is 101 Å². The molecule has 30 heteroatoms. The molecule has 0 radical (unpaired) electrons. The standard InChI is InChI=1S/2C25H22N2O5.C20H15NO.C12H11BO3.C8H5BrN.C4H7NO4.C2H4O2.CH2O/c2*1-2-31-25(28)23(27(29)30)15-18-16-26-24-21(9-6-10-22(18)24)17-11-13-20(14-12-17)32-19-7-4-3-5-8-19;1-2-6-17(7-3-1)22-18-11-9-15(10-12-18)19-8-4-5-16-13-14-21-20(16)19;14-13(15)10-6-8-12(9-7-10)16-11-4-2-1-3-5-11;9-7-3-1-2-6-4-5-10-8(6)7;1-2-9-4(6)3-5(7)8;1-2(3)4;1-2/h2*3-14,16,23,26H,2,15H2,1H3;1-14,21H;1-9,14-15H;1-4,10H;2-3H2,1H3;1H3,(H,3,4);1H2/q;;;;+1;;;. The lowest BCUT2D eigenvalue weighted by Crippen LogP contribution is -2.33. The number of carboxylic acids is 1. The van der Waals surface area contributed by atoms with Crippen molar-refractivity contribution in [1.29, 1.82) is 0 Å². The summed E-state index contributed by atoms with van der Waals surface area (Å²) in [6, 6.07) is 91.7. The molecule has 12 aromatic carbocycles. The Bertz CT molecular complexity index is 5890. The number of carbonyl (C=O) groups is 5. The summed E-state index contributed by atoms with van der Waals surface area (Å²) in [4.78, 5) is 91.5. The summed E-state index contributed by atoms with van der Waals surface area (Å²) in [5.74, 6) is 2.81. The Hall–Kier alpha value is -15.9. The molecule has 3 aromatic heterocycles. The van der Waals surface area contributed by atoms with Gasteiger partial charge in [-0.25, -0.2) is 14.4 Å². The number of anilines is 1. The molecule has 2 atom stereocenters. The van der Waals surface area contributed by atoms with Gasteiger partial charge >= 0.3 is 37.1 Å². The van der Waals surface area contributed by atoms with Gasteiger partial charge in [-0.05, 0) is 191 Å². The molecule has 0 aliphatic carbocycles. The number of H-pyrrole nitrogens is 3. The van der Waals surface area contributed by atoms with Crippen LogP contribution < -0.4 is 29.7 Å². The molecular weight excluding hydrogens is 1690 g/mol. The van der Waals surface area contributed by atoms with E-state index < -0.39 is 64.4 Å². The number of nitrogens with zero attached hydrogens (tertiary/aromatic N) is 3. The van der Waals surface area contributed by atoms with Crippen LogP contribution in [0.5, 0.6) is 46.0 Å². The van der Waals surface area contributed by atoms with Crippen molar-refractivity contribution in [3.8, 4) is 79.4 Å². The quantitative estimate of drug-likeness (QED) is 0.00698. The van der Waals surface area contributed by atoms with Gasteiger partial charge in [0.2, 0.25) is 5.69 Å². The Morgan fingerprint density at radius 3 is 1.13 bits per heavy atom. The zero-order valence-electron chi connectivity index (χ0n) is 69.2. The minimum Gasteiger partial charge on any atom is -0.481 e. The fraction of sp³-hybridized carbons (Fsp3) is 0.124. The molecule has 4 heterocycles. The number of benzene rings is 12. The number of rotatable bonds is 25. The smallest absolute Gasteiger partial charge is 0.481 e. The zero-order valence-corrected chi connectivity index (χ0v) is 70.8. The van der Waals surface area contributed by atoms with Crippen LogP contribution in [-0.4, -0.2) is 121 Å². The van der Waals surface area contributed by atoms with Gasteiger partial charge in [-0.3, -0.25) is 35.1 Å². The van der Waals surface area contributed by atoms with Crippen LogP contribution in [0.2, 0.25) is 0 Å². The Kier molecular flexibility index (Phi) is 36.9. The number of esters is 3. The van der Waals surface area contributed by atoms with E-state index in [4.69, 9.17) is 53.2 Å². The number of aromatic amines is 3. The van der Waals surface area contributed by atoms with Crippen LogP contribution in [0, 0.1) is 36.5 Å². The number of nitrogens with one attached hydrogen (secondary N) is 4. The van der Waals surface area contributed by atoms with Crippen molar-refractivity contribution >= 4 is 104 Å². The number of fused-ring (bicyclic) bond motifs is 4. The molecular formula is C97H88BBrN7O21+. The van der Waals surface area contributed by atoms with Gasteiger partial charge in [0.1, 0.15) is 69.5 Å². The van der Waals surface area contributed by atoms with Gasteiger partial charge in [-0.1, -0.05) is 176 Å². The van der Waals surface area contributed by atoms with Crippen molar-refractivity contribution in [3.63, 3.8) is 0 Å². The van der Waals surface area contributed by atoms with Crippen molar-refractivity contribution in [2.45, 2.75) is 52.6 Å². The van der Waals surface area contributed by atoms with E-state index in [0.29, 0.717) is 22.3 Å². The van der Waals surface area contributed by atoms with Gasteiger partial charge in [-0.2, -0.15) is 5.32 Å². The molecule has 0 amide bonds. The van der Waals surface area contributed by atoms with E-state index in [9.17, 15) is 44.7 Å². The van der Waals surface area contributed by atoms with Gasteiger partial charge in [0.15, 0.2) is 5.56 Å². The van der Waals surface area contributed by atoms with E-state index in [1.165, 1.54) is 27.6 Å². The maximum Gasteiger partial charge on any atom is 0.488 e. The van der Waals surface area contributed by atoms with Gasteiger partial charge in [0, 0.05) is 73.8 Å². The number of aliphatic carboxylic acids is 1. The molecule has 15 aromatic rings. The Balaban J connectivity index is 0.000000179. The molecule has 1 aliphatic heterocycles. The average molecular weight is 1780 g/mol. The van der Waals surface area contributed by atoms with E-state index in [1.54, 1.807) is 57.4 Å². The highest BCUT2D eigenvalue weighted by Crippen LogP contribution is 2.37. The number of carboxylic acid groups (broad SMARTS) is 1.